The lowest BCUT2D eigenvalue weighted by atomic mass is 9.94. The Labute approximate surface area is 571 Å². The number of carbonyl (C=O) groups excluding carboxylic acids is 2. The molecular weight excluding hydrogens is 1240 g/mol. The highest BCUT2D eigenvalue weighted by Crippen LogP contribution is 2.44. The molecule has 4 aliphatic rings. The first kappa shape index (κ1) is 67.6. The minimum atomic E-state index is -1.30. The summed E-state index contributed by atoms with van der Waals surface area (Å²) >= 11 is 1.37. The molecule has 3 fully saturated rings. The van der Waals surface area contributed by atoms with Crippen LogP contribution < -0.4 is 0 Å². The molecule has 0 N–H and O–H groups in total. The third kappa shape index (κ3) is 17.7. The van der Waals surface area contributed by atoms with Crippen molar-refractivity contribution >= 4 is 23.6 Å². The predicted molar refractivity (Wildman–Crippen MR) is 366 cm³/mol. The number of imide groups is 1. The van der Waals surface area contributed by atoms with Crippen molar-refractivity contribution in [3.05, 3.63) is 317 Å². The largest absolute Gasteiger partial charge is 0.374 e. The number of hydrogen-bond acceptors (Lipinski definition) is 15. The smallest absolute Gasteiger partial charge is 0.262 e. The Morgan fingerprint density at radius 2 is 0.742 bits per heavy atom. The van der Waals surface area contributed by atoms with Gasteiger partial charge in [-0.05, 0) is 70.1 Å². The first-order valence-electron chi connectivity index (χ1n) is 33.3. The molecule has 16 heteroatoms. The average molecular weight is 1320 g/mol. The number of ether oxygens (including phenoxy) is 12. The fourth-order valence-electron chi connectivity index (χ4n) is 12.9. The maximum atomic E-state index is 15.6. The van der Waals surface area contributed by atoms with Gasteiger partial charge in [0.25, 0.3) is 11.8 Å². The van der Waals surface area contributed by atoms with E-state index in [1.807, 2.05) is 250 Å². The van der Waals surface area contributed by atoms with Crippen LogP contribution in [0.5, 0.6) is 0 Å². The third-order valence-electron chi connectivity index (χ3n) is 17.8. The maximum absolute atomic E-state index is 15.6. The average Bonchev–Trinajstić information content (AvgIpc) is 1.68. The zero-order valence-corrected chi connectivity index (χ0v) is 54.9. The summed E-state index contributed by atoms with van der Waals surface area (Å²) in [5.74, 6) is -1.05. The van der Waals surface area contributed by atoms with Gasteiger partial charge < -0.3 is 56.8 Å². The van der Waals surface area contributed by atoms with Crippen LogP contribution in [0.15, 0.2) is 272 Å². The summed E-state index contributed by atoms with van der Waals surface area (Å²) in [4.78, 5) is 33.2. The van der Waals surface area contributed by atoms with Crippen molar-refractivity contribution < 1.29 is 66.4 Å². The van der Waals surface area contributed by atoms with Gasteiger partial charge in [-0.25, -0.2) is 0 Å². The van der Waals surface area contributed by atoms with Crippen molar-refractivity contribution in [2.24, 2.45) is 0 Å². The van der Waals surface area contributed by atoms with Crippen molar-refractivity contribution in [1.29, 1.82) is 0 Å². The monoisotopic (exact) mass is 1320 g/mol. The molecule has 0 bridgehead atoms. The Morgan fingerprint density at radius 1 is 0.371 bits per heavy atom. The van der Waals surface area contributed by atoms with Gasteiger partial charge in [0.05, 0.1) is 82.8 Å². The second-order valence-corrected chi connectivity index (χ2v) is 25.8. The van der Waals surface area contributed by atoms with Gasteiger partial charge in [-0.1, -0.05) is 254 Å². The molecule has 4 heterocycles. The molecule has 15 nitrogen and oxygen atoms in total. The number of nitrogens with zero attached hydrogens (tertiary/aromatic N) is 1. The van der Waals surface area contributed by atoms with Gasteiger partial charge in [0.15, 0.2) is 12.6 Å². The van der Waals surface area contributed by atoms with Crippen LogP contribution in [-0.4, -0.2) is 115 Å². The Morgan fingerprint density at radius 3 is 1.20 bits per heavy atom. The molecule has 3 saturated heterocycles. The highest BCUT2D eigenvalue weighted by atomic mass is 32.2. The van der Waals surface area contributed by atoms with Crippen molar-refractivity contribution in [2.45, 2.75) is 150 Å². The van der Waals surface area contributed by atoms with E-state index in [9.17, 15) is 0 Å². The molecule has 0 saturated carbocycles. The summed E-state index contributed by atoms with van der Waals surface area (Å²) in [6.45, 7) is 3.58. The summed E-state index contributed by atoms with van der Waals surface area (Å²) in [6, 6.07) is 85.0. The zero-order valence-electron chi connectivity index (χ0n) is 54.1. The Kier molecular flexibility index (Phi) is 23.7. The van der Waals surface area contributed by atoms with Gasteiger partial charge in [0.1, 0.15) is 60.3 Å². The van der Waals surface area contributed by atoms with Crippen molar-refractivity contribution in [1.82, 2.24) is 4.90 Å². The highest BCUT2D eigenvalue weighted by molar-refractivity contribution is 7.99. The van der Waals surface area contributed by atoms with E-state index >= 15 is 9.59 Å². The number of rotatable bonds is 30. The van der Waals surface area contributed by atoms with Crippen LogP contribution in [0.25, 0.3) is 0 Å². The summed E-state index contributed by atoms with van der Waals surface area (Å²) in [6.07, 6.45) is -11.1. The number of benzene rings is 9. The number of hydrogen-bond donors (Lipinski definition) is 0. The van der Waals surface area contributed by atoms with Gasteiger partial charge in [0.2, 0.25) is 0 Å². The van der Waals surface area contributed by atoms with Gasteiger partial charge >= 0.3 is 0 Å². The first-order valence-corrected chi connectivity index (χ1v) is 34.2. The molecule has 0 unspecified atom stereocenters. The molecule has 0 radical (unpaired) electrons. The lowest BCUT2D eigenvalue weighted by Gasteiger charge is -2.52. The van der Waals surface area contributed by atoms with E-state index in [-0.39, 0.29) is 70.4 Å². The molecule has 13 rings (SSSR count). The van der Waals surface area contributed by atoms with Gasteiger partial charge in [0, 0.05) is 11.3 Å². The van der Waals surface area contributed by atoms with Gasteiger partial charge in [-0.2, -0.15) is 0 Å². The molecular formula is C81H81NO14S. The molecule has 9 aromatic rings. The minimum absolute atomic E-state index is 0.0404. The van der Waals surface area contributed by atoms with E-state index in [1.165, 1.54) is 16.7 Å². The first-order chi connectivity index (χ1) is 47.8. The number of thioether (sulfide) groups is 1. The second-order valence-electron chi connectivity index (χ2n) is 24.6. The molecule has 0 aromatic heterocycles. The standard InChI is InChI=1S/C81H81NO14S/c1-56-72(88-50-60-34-16-5-17-35-60)76(90-52-62-38-20-7-21-39-62)77(91-53-63-40-22-8-23-41-63)80(92-56)96-75-71(82-78(83)65-44-26-27-45-66(65)79(82)84)81(97-64-42-24-9-25-43-64)94-69(55-86-48-58-30-12-3-13-31-58)74(75)95-70-46-67(87-49-59-32-14-4-15-33-59)73(89-51-61-36-18-6-19-37-61)68(93-70)54-85-47-57-28-10-2-11-29-57/h2-45,56,67-77,80-81H,46-55H2,1H3/t56-,67+,68+,69+,70-,71+,72+,73+,74+,75+,76+,77-,80-,81-/m0/s1. The fourth-order valence-corrected chi connectivity index (χ4v) is 14.1. The van der Waals surface area contributed by atoms with E-state index < -0.39 is 96.9 Å². The minimum Gasteiger partial charge on any atom is -0.374 e. The molecule has 97 heavy (non-hydrogen) atoms. The van der Waals surface area contributed by atoms with E-state index in [0.29, 0.717) is 6.61 Å². The summed E-state index contributed by atoms with van der Waals surface area (Å²) < 4.78 is 86.3. The fraction of sp³-hybridized carbons (Fsp3) is 0.309. The Bertz CT molecular complexity index is 3800. The Hall–Kier alpha value is -8.01. The van der Waals surface area contributed by atoms with Crippen LogP contribution in [0.3, 0.4) is 0 Å². The third-order valence-corrected chi connectivity index (χ3v) is 18.9. The summed E-state index contributed by atoms with van der Waals surface area (Å²) in [5, 5.41) is 0. The van der Waals surface area contributed by atoms with Crippen molar-refractivity contribution in [3.63, 3.8) is 0 Å². The quantitative estimate of drug-likeness (QED) is 0.0393. The van der Waals surface area contributed by atoms with Crippen molar-refractivity contribution in [2.75, 3.05) is 13.2 Å². The van der Waals surface area contributed by atoms with Crippen LogP contribution >= 0.6 is 11.8 Å². The SMILES string of the molecule is C[C@@H]1O[C@@H](O[C@H]2[C@H](O[C@H]3C[C@@H](OCc4ccccc4)[C@@H](OCc4ccccc4)[C@@H](COCc4ccccc4)O3)[C@@H](COCc3ccccc3)O[C@@H](Sc3ccccc3)[C@@H]2N2C(=O)c3ccccc3C2=O)[C@@H](OCc2ccccc2)[C@H](OCc2ccccc2)[C@@H]1OCc1ccccc1. The van der Waals surface area contributed by atoms with Gasteiger partial charge in [-0.3, -0.25) is 14.5 Å². The number of amides is 2. The van der Waals surface area contributed by atoms with Crippen LogP contribution in [0.4, 0.5) is 0 Å². The van der Waals surface area contributed by atoms with E-state index in [4.69, 9.17) is 56.8 Å². The Balaban J connectivity index is 0.936. The number of carbonyl (C=O) groups is 2. The van der Waals surface area contributed by atoms with E-state index in [2.05, 4.69) is 0 Å². The predicted octanol–water partition coefficient (Wildman–Crippen LogP) is 14.2. The molecule has 9 aromatic carbocycles. The lowest BCUT2D eigenvalue weighted by molar-refractivity contribution is -0.360. The maximum Gasteiger partial charge on any atom is 0.262 e. The van der Waals surface area contributed by atoms with Crippen LogP contribution in [0.2, 0.25) is 0 Å². The normalized spacial score (nSPS) is 25.6. The highest BCUT2D eigenvalue weighted by Gasteiger charge is 2.59. The van der Waals surface area contributed by atoms with Crippen molar-refractivity contribution in [3.8, 4) is 0 Å². The zero-order chi connectivity index (χ0) is 66.0. The molecule has 14 atom stereocenters. The molecule has 2 amide bonds. The van der Waals surface area contributed by atoms with Gasteiger partial charge in [-0.15, -0.1) is 0 Å². The summed E-state index contributed by atoms with van der Waals surface area (Å²) in [5.41, 5.74) is 6.11. The van der Waals surface area contributed by atoms with Crippen LogP contribution in [0, 0.1) is 0 Å². The second kappa shape index (κ2) is 34.0. The summed E-state index contributed by atoms with van der Waals surface area (Å²) in [7, 11) is 0. The lowest BCUT2D eigenvalue weighted by Crippen LogP contribution is -2.69. The molecule has 0 aliphatic carbocycles. The van der Waals surface area contributed by atoms with Crippen LogP contribution in [-0.2, 0) is 103 Å². The van der Waals surface area contributed by atoms with E-state index in [0.717, 1.165) is 43.8 Å². The van der Waals surface area contributed by atoms with Crippen LogP contribution in [0.1, 0.15) is 73.0 Å². The topological polar surface area (TPSA) is 148 Å². The molecule has 500 valence electrons. The molecule has 4 aliphatic heterocycles. The number of fused-ring (bicyclic) bond motifs is 1. The molecule has 0 spiro atoms. The van der Waals surface area contributed by atoms with E-state index in [1.54, 1.807) is 24.3 Å².